The maximum Gasteiger partial charge on any atom is 0.205 e. The molecule has 0 amide bonds. The summed E-state index contributed by atoms with van der Waals surface area (Å²) in [6.07, 6.45) is 1.58. The third kappa shape index (κ3) is 1.64. The Hall–Kier alpha value is -2.53. The lowest BCUT2D eigenvalue weighted by atomic mass is 9.80. The summed E-state index contributed by atoms with van der Waals surface area (Å²) >= 11 is 0. The van der Waals surface area contributed by atoms with Gasteiger partial charge in [0.25, 0.3) is 0 Å². The molecule has 2 atom stereocenters. The van der Waals surface area contributed by atoms with Gasteiger partial charge >= 0.3 is 0 Å². The van der Waals surface area contributed by atoms with Gasteiger partial charge in [0.15, 0.2) is 0 Å². The van der Waals surface area contributed by atoms with Gasteiger partial charge in [0.2, 0.25) is 11.8 Å². The summed E-state index contributed by atoms with van der Waals surface area (Å²) in [6, 6.07) is 9.99. The Morgan fingerprint density at radius 2 is 1.48 bits per heavy atom. The summed E-state index contributed by atoms with van der Waals surface area (Å²) < 4.78 is 21.7. The molecule has 2 bridgehead atoms. The molecular weight excluding hydrogens is 321 g/mol. The molecule has 128 valence electrons. The van der Waals surface area contributed by atoms with Gasteiger partial charge < -0.3 is 14.9 Å². The Morgan fingerprint density at radius 3 is 2.12 bits per heavy atom. The quantitative estimate of drug-likeness (QED) is 0.689. The highest BCUT2D eigenvalue weighted by Gasteiger charge is 2.59. The van der Waals surface area contributed by atoms with Crippen LogP contribution in [-0.4, -0.2) is 14.8 Å². The molecule has 3 heterocycles. The normalized spacial score (nSPS) is 27.2. The molecule has 1 aromatic heterocycles. The van der Waals surface area contributed by atoms with Gasteiger partial charge in [0, 0.05) is 10.8 Å². The first-order chi connectivity index (χ1) is 11.9. The van der Waals surface area contributed by atoms with E-state index in [-0.39, 0.29) is 17.6 Å². The van der Waals surface area contributed by atoms with Crippen LogP contribution < -0.4 is 0 Å². The van der Waals surface area contributed by atoms with Crippen LogP contribution in [0.3, 0.4) is 0 Å². The molecule has 1 saturated heterocycles. The summed E-state index contributed by atoms with van der Waals surface area (Å²) in [7, 11) is 0. The van der Waals surface area contributed by atoms with Crippen molar-refractivity contribution >= 4 is 10.8 Å². The molecule has 2 aromatic carbocycles. The summed E-state index contributed by atoms with van der Waals surface area (Å²) in [4.78, 5) is 0. The number of nitrogens with zero attached hydrogens (tertiary/aromatic N) is 1. The molecule has 2 N–H and O–H groups in total. The Morgan fingerprint density at radius 1 is 0.920 bits per heavy atom. The van der Waals surface area contributed by atoms with Crippen LogP contribution >= 0.6 is 0 Å². The number of hydrogen-bond acceptors (Lipinski definition) is 3. The van der Waals surface area contributed by atoms with Crippen LogP contribution in [0.2, 0.25) is 0 Å². The molecule has 5 heteroatoms. The van der Waals surface area contributed by atoms with E-state index in [4.69, 9.17) is 4.74 Å². The Kier molecular flexibility index (Phi) is 2.57. The third-order valence-electron chi connectivity index (χ3n) is 5.79. The van der Waals surface area contributed by atoms with Crippen molar-refractivity contribution in [2.24, 2.45) is 0 Å². The predicted molar refractivity (Wildman–Crippen MR) is 91.6 cm³/mol. The molecule has 2 aliphatic heterocycles. The molecule has 0 aliphatic carbocycles. The van der Waals surface area contributed by atoms with Gasteiger partial charge in [0.1, 0.15) is 5.82 Å². The average molecular weight is 339 g/mol. The van der Waals surface area contributed by atoms with Crippen molar-refractivity contribution in [2.75, 3.05) is 0 Å². The number of aromatic hydroxyl groups is 2. The largest absolute Gasteiger partial charge is 0.494 e. The number of hydrogen-bond donors (Lipinski definition) is 2. The lowest BCUT2D eigenvalue weighted by Crippen LogP contribution is -2.17. The van der Waals surface area contributed by atoms with E-state index in [1.807, 2.05) is 13.8 Å². The highest BCUT2D eigenvalue weighted by molar-refractivity contribution is 5.91. The molecule has 0 spiro atoms. The molecule has 3 aromatic rings. The number of halogens is 1. The van der Waals surface area contributed by atoms with Gasteiger partial charge in [-0.1, -0.05) is 24.3 Å². The van der Waals surface area contributed by atoms with Crippen molar-refractivity contribution in [3.05, 3.63) is 53.3 Å². The number of fused-ring (bicyclic) bond motifs is 6. The SMILES string of the molecule is CC12CCC(C)(O1)c1c2c(O)n(-c2cccc3c(F)cccc23)c1O. The molecule has 25 heavy (non-hydrogen) atoms. The van der Waals surface area contributed by atoms with Crippen LogP contribution in [-0.2, 0) is 15.9 Å². The van der Waals surface area contributed by atoms with Crippen LogP contribution in [0.5, 0.6) is 11.8 Å². The van der Waals surface area contributed by atoms with Crippen LogP contribution in [0.1, 0.15) is 37.8 Å². The maximum atomic E-state index is 14.1. The fourth-order valence-corrected chi connectivity index (χ4v) is 4.66. The van der Waals surface area contributed by atoms with Gasteiger partial charge in [0.05, 0.1) is 28.0 Å². The standard InChI is InChI=1S/C20H18FNO3/c1-19-9-10-20(2,25-19)16-15(19)17(23)22(18(16)24)14-8-4-5-11-12(14)6-3-7-13(11)21/h3-8,23-24H,9-10H2,1-2H3. The number of rotatable bonds is 1. The van der Waals surface area contributed by atoms with Gasteiger partial charge in [-0.25, -0.2) is 4.39 Å². The van der Waals surface area contributed by atoms with Crippen molar-refractivity contribution in [1.29, 1.82) is 0 Å². The zero-order valence-electron chi connectivity index (χ0n) is 14.0. The topological polar surface area (TPSA) is 54.6 Å². The van der Waals surface area contributed by atoms with E-state index >= 15 is 0 Å². The van der Waals surface area contributed by atoms with Crippen LogP contribution in [0, 0.1) is 5.82 Å². The van der Waals surface area contributed by atoms with Crippen molar-refractivity contribution in [3.8, 4) is 17.4 Å². The minimum Gasteiger partial charge on any atom is -0.494 e. The number of benzene rings is 2. The Balaban J connectivity index is 1.87. The average Bonchev–Trinajstić information content (AvgIpc) is 3.12. The monoisotopic (exact) mass is 339 g/mol. The summed E-state index contributed by atoms with van der Waals surface area (Å²) in [6.45, 7) is 3.88. The minimum absolute atomic E-state index is 0.0322. The molecule has 5 rings (SSSR count). The third-order valence-corrected chi connectivity index (χ3v) is 5.79. The van der Waals surface area contributed by atoms with Crippen molar-refractivity contribution in [3.63, 3.8) is 0 Å². The van der Waals surface area contributed by atoms with Gasteiger partial charge in [-0.3, -0.25) is 4.57 Å². The van der Waals surface area contributed by atoms with E-state index in [1.165, 1.54) is 10.6 Å². The molecule has 2 aliphatic rings. The molecule has 0 radical (unpaired) electrons. The summed E-state index contributed by atoms with van der Waals surface area (Å²) in [5.74, 6) is -0.397. The zero-order valence-corrected chi connectivity index (χ0v) is 14.0. The fourth-order valence-electron chi connectivity index (χ4n) is 4.66. The predicted octanol–water partition coefficient (Wildman–Crippen LogP) is 4.44. The molecule has 1 fully saturated rings. The van der Waals surface area contributed by atoms with Crippen molar-refractivity contribution in [2.45, 2.75) is 37.9 Å². The molecule has 4 nitrogen and oxygen atoms in total. The van der Waals surface area contributed by atoms with Crippen molar-refractivity contribution < 1.29 is 19.3 Å². The van der Waals surface area contributed by atoms with E-state index in [2.05, 4.69) is 0 Å². The Labute approximate surface area is 144 Å². The summed E-state index contributed by atoms with van der Waals surface area (Å²) in [5, 5.41) is 23.0. The van der Waals surface area contributed by atoms with E-state index in [1.54, 1.807) is 30.3 Å². The van der Waals surface area contributed by atoms with Gasteiger partial charge in [-0.2, -0.15) is 0 Å². The van der Waals surface area contributed by atoms with Crippen LogP contribution in [0.15, 0.2) is 36.4 Å². The van der Waals surface area contributed by atoms with E-state index in [0.29, 0.717) is 27.6 Å². The Bertz CT molecular complexity index is 1020. The highest BCUT2D eigenvalue weighted by atomic mass is 19.1. The molecule has 2 unspecified atom stereocenters. The second-order valence-electron chi connectivity index (χ2n) is 7.41. The van der Waals surface area contributed by atoms with E-state index in [0.717, 1.165) is 12.8 Å². The van der Waals surface area contributed by atoms with Gasteiger partial charge in [-0.15, -0.1) is 0 Å². The number of ether oxygens (including phenoxy) is 1. The first-order valence-corrected chi connectivity index (χ1v) is 8.41. The van der Waals surface area contributed by atoms with Gasteiger partial charge in [-0.05, 0) is 38.8 Å². The highest BCUT2D eigenvalue weighted by Crippen LogP contribution is 2.64. The first-order valence-electron chi connectivity index (χ1n) is 8.41. The minimum atomic E-state index is -0.604. The van der Waals surface area contributed by atoms with E-state index < -0.39 is 11.2 Å². The van der Waals surface area contributed by atoms with Crippen LogP contribution in [0.25, 0.3) is 16.5 Å². The van der Waals surface area contributed by atoms with Crippen LogP contribution in [0.4, 0.5) is 4.39 Å². The van der Waals surface area contributed by atoms with Crippen molar-refractivity contribution in [1.82, 2.24) is 4.57 Å². The second kappa shape index (κ2) is 4.35. The van der Waals surface area contributed by atoms with E-state index in [9.17, 15) is 14.6 Å². The lowest BCUT2D eigenvalue weighted by molar-refractivity contribution is -0.0683. The smallest absolute Gasteiger partial charge is 0.205 e. The summed E-state index contributed by atoms with van der Waals surface area (Å²) in [5.41, 5.74) is 0.631. The second-order valence-corrected chi connectivity index (χ2v) is 7.41. The maximum absolute atomic E-state index is 14.1. The number of aromatic nitrogens is 1. The first kappa shape index (κ1) is 14.8. The lowest BCUT2D eigenvalue weighted by Gasteiger charge is -2.21. The molecular formula is C20H18FNO3. The molecule has 0 saturated carbocycles. The fraction of sp³-hybridized carbons (Fsp3) is 0.300. The zero-order chi connectivity index (χ0) is 17.6.